The number of carbonyl (C=O) groups excluding carboxylic acids is 1. The van der Waals surface area contributed by atoms with Crippen LogP contribution in [0.15, 0.2) is 30.3 Å². The van der Waals surface area contributed by atoms with Gasteiger partial charge in [-0.2, -0.15) is 0 Å². The number of ether oxygens (including phenoxy) is 2. The van der Waals surface area contributed by atoms with E-state index in [1.54, 1.807) is 30.3 Å². The van der Waals surface area contributed by atoms with Crippen molar-refractivity contribution < 1.29 is 29.7 Å². The lowest BCUT2D eigenvalue weighted by Crippen LogP contribution is -2.43. The van der Waals surface area contributed by atoms with Gasteiger partial charge >= 0.3 is 5.97 Å². The van der Waals surface area contributed by atoms with Crippen LogP contribution in [-0.4, -0.2) is 52.0 Å². The molecule has 0 radical (unpaired) electrons. The molecular formula is C12H13NO6. The Bertz CT molecular complexity index is 480. The molecule has 102 valence electrons. The van der Waals surface area contributed by atoms with E-state index in [0.29, 0.717) is 5.69 Å². The summed E-state index contributed by atoms with van der Waals surface area (Å²) in [6.07, 6.45) is -5.71. The number of nitrogens with zero attached hydrogens (tertiary/aromatic N) is 1. The summed E-state index contributed by atoms with van der Waals surface area (Å²) in [6, 6.07) is 8.48. The summed E-state index contributed by atoms with van der Waals surface area (Å²) in [5.41, 5.74) is 0.423. The van der Waals surface area contributed by atoms with E-state index in [0.717, 1.165) is 5.06 Å². The Morgan fingerprint density at radius 3 is 2.42 bits per heavy atom. The van der Waals surface area contributed by atoms with E-state index < -0.39 is 36.6 Å². The number of carbonyl (C=O) groups is 1. The number of benzene rings is 1. The molecule has 0 bridgehead atoms. The summed E-state index contributed by atoms with van der Waals surface area (Å²) in [5, 5.41) is 30.3. The molecule has 2 heterocycles. The summed E-state index contributed by atoms with van der Waals surface area (Å²) < 4.78 is 10.2. The van der Waals surface area contributed by atoms with Crippen molar-refractivity contribution in [3.8, 4) is 0 Å². The van der Waals surface area contributed by atoms with Crippen LogP contribution in [-0.2, 0) is 14.3 Å². The second kappa shape index (κ2) is 4.46. The minimum Gasteiger partial charge on any atom is -0.455 e. The third kappa shape index (κ3) is 1.87. The van der Waals surface area contributed by atoms with Gasteiger partial charge in [0.1, 0.15) is 12.2 Å². The Morgan fingerprint density at radius 1 is 1.11 bits per heavy atom. The molecule has 1 aromatic rings. The van der Waals surface area contributed by atoms with Gasteiger partial charge in [0.15, 0.2) is 18.4 Å². The first-order valence-electron chi connectivity index (χ1n) is 5.85. The molecule has 2 aliphatic heterocycles. The van der Waals surface area contributed by atoms with Crippen molar-refractivity contribution in [1.29, 1.82) is 0 Å². The number of hydrogen-bond acceptors (Lipinski definition) is 7. The highest BCUT2D eigenvalue weighted by molar-refractivity contribution is 5.78. The summed E-state index contributed by atoms with van der Waals surface area (Å²) in [6.45, 7) is 0. The molecule has 2 saturated heterocycles. The van der Waals surface area contributed by atoms with E-state index >= 15 is 0 Å². The van der Waals surface area contributed by atoms with E-state index in [1.165, 1.54) is 0 Å². The zero-order valence-electron chi connectivity index (χ0n) is 9.79. The third-order valence-electron chi connectivity index (χ3n) is 3.32. The van der Waals surface area contributed by atoms with Crippen molar-refractivity contribution >= 4 is 11.7 Å². The highest BCUT2D eigenvalue weighted by atomic mass is 16.7. The molecule has 0 spiro atoms. The third-order valence-corrected chi connectivity index (χ3v) is 3.32. The van der Waals surface area contributed by atoms with Gasteiger partial charge in [-0.3, -0.25) is 5.21 Å². The van der Waals surface area contributed by atoms with Crippen molar-refractivity contribution in [1.82, 2.24) is 0 Å². The monoisotopic (exact) mass is 267 g/mol. The van der Waals surface area contributed by atoms with Crippen LogP contribution in [0.4, 0.5) is 5.69 Å². The number of fused-ring (bicyclic) bond motifs is 1. The fourth-order valence-electron chi connectivity index (χ4n) is 2.33. The molecule has 2 fully saturated rings. The van der Waals surface area contributed by atoms with E-state index in [4.69, 9.17) is 9.47 Å². The van der Waals surface area contributed by atoms with E-state index in [-0.39, 0.29) is 0 Å². The van der Waals surface area contributed by atoms with Crippen LogP contribution in [0.5, 0.6) is 0 Å². The van der Waals surface area contributed by atoms with Gasteiger partial charge in [-0.1, -0.05) is 18.2 Å². The SMILES string of the molecule is O=C1OC2C(O)C(N(O)c3ccccc3)OC2[C@@H]1O. The number of para-hydroxylation sites is 1. The van der Waals surface area contributed by atoms with Crippen LogP contribution in [0.25, 0.3) is 0 Å². The number of rotatable bonds is 2. The minimum absolute atomic E-state index is 0.423. The predicted molar refractivity (Wildman–Crippen MR) is 61.3 cm³/mol. The molecule has 0 saturated carbocycles. The zero-order chi connectivity index (χ0) is 13.6. The number of hydroxylamine groups is 1. The number of esters is 1. The van der Waals surface area contributed by atoms with Crippen LogP contribution in [0.3, 0.4) is 0 Å². The van der Waals surface area contributed by atoms with Crippen molar-refractivity contribution in [2.75, 3.05) is 5.06 Å². The highest BCUT2D eigenvalue weighted by Gasteiger charge is 2.58. The number of anilines is 1. The van der Waals surface area contributed by atoms with Crippen molar-refractivity contribution in [3.63, 3.8) is 0 Å². The van der Waals surface area contributed by atoms with Crippen molar-refractivity contribution in [3.05, 3.63) is 30.3 Å². The first-order chi connectivity index (χ1) is 9.09. The van der Waals surface area contributed by atoms with Crippen LogP contribution < -0.4 is 5.06 Å². The number of aliphatic hydroxyl groups excluding tert-OH is 2. The largest absolute Gasteiger partial charge is 0.455 e. The molecule has 4 unspecified atom stereocenters. The molecule has 7 heteroatoms. The molecular weight excluding hydrogens is 254 g/mol. The molecule has 7 nitrogen and oxygen atoms in total. The Balaban J connectivity index is 1.80. The lowest BCUT2D eigenvalue weighted by atomic mass is 10.1. The van der Waals surface area contributed by atoms with Gasteiger partial charge in [0.25, 0.3) is 0 Å². The fraction of sp³-hybridized carbons (Fsp3) is 0.417. The minimum atomic E-state index is -1.44. The van der Waals surface area contributed by atoms with Crippen LogP contribution in [0.1, 0.15) is 0 Å². The molecule has 19 heavy (non-hydrogen) atoms. The second-order valence-corrected chi connectivity index (χ2v) is 4.51. The summed E-state index contributed by atoms with van der Waals surface area (Å²) in [5.74, 6) is -0.822. The molecule has 5 atom stereocenters. The quantitative estimate of drug-likeness (QED) is 0.479. The maximum atomic E-state index is 11.1. The maximum absolute atomic E-state index is 11.1. The summed E-state index contributed by atoms with van der Waals surface area (Å²) >= 11 is 0. The van der Waals surface area contributed by atoms with Gasteiger partial charge < -0.3 is 19.7 Å². The smallest absolute Gasteiger partial charge is 0.338 e. The Morgan fingerprint density at radius 2 is 1.79 bits per heavy atom. The first-order valence-corrected chi connectivity index (χ1v) is 5.85. The molecule has 1 aromatic carbocycles. The zero-order valence-corrected chi connectivity index (χ0v) is 9.79. The average molecular weight is 267 g/mol. The van der Waals surface area contributed by atoms with E-state index in [9.17, 15) is 20.2 Å². The molecule has 0 aromatic heterocycles. The number of hydrogen-bond donors (Lipinski definition) is 3. The lowest BCUT2D eigenvalue weighted by Gasteiger charge is -2.26. The second-order valence-electron chi connectivity index (χ2n) is 4.51. The summed E-state index contributed by atoms with van der Waals surface area (Å²) in [7, 11) is 0. The normalized spacial score (nSPS) is 37.0. The average Bonchev–Trinajstić information content (AvgIpc) is 2.89. The predicted octanol–water partition coefficient (Wildman–Crippen LogP) is -0.746. The van der Waals surface area contributed by atoms with E-state index in [2.05, 4.69) is 0 Å². The molecule has 0 amide bonds. The summed E-state index contributed by atoms with van der Waals surface area (Å²) in [4.78, 5) is 11.1. The molecule has 3 N–H and O–H groups in total. The van der Waals surface area contributed by atoms with Gasteiger partial charge in [0.05, 0.1) is 5.69 Å². The van der Waals surface area contributed by atoms with E-state index in [1.807, 2.05) is 0 Å². The van der Waals surface area contributed by atoms with Gasteiger partial charge in [-0.05, 0) is 12.1 Å². The topological polar surface area (TPSA) is 99.5 Å². The highest BCUT2D eigenvalue weighted by Crippen LogP contribution is 2.34. The van der Waals surface area contributed by atoms with Gasteiger partial charge in [0.2, 0.25) is 0 Å². The fourth-order valence-corrected chi connectivity index (χ4v) is 2.33. The Kier molecular flexibility index (Phi) is 2.90. The molecule has 2 aliphatic rings. The van der Waals surface area contributed by atoms with Crippen molar-refractivity contribution in [2.45, 2.75) is 30.6 Å². The maximum Gasteiger partial charge on any atom is 0.338 e. The van der Waals surface area contributed by atoms with Crippen molar-refractivity contribution in [2.24, 2.45) is 0 Å². The first kappa shape index (κ1) is 12.4. The van der Waals surface area contributed by atoms with Crippen LogP contribution in [0.2, 0.25) is 0 Å². The van der Waals surface area contributed by atoms with Gasteiger partial charge in [-0.25, -0.2) is 9.86 Å². The van der Waals surface area contributed by atoms with Crippen LogP contribution >= 0.6 is 0 Å². The Labute approximate surface area is 108 Å². The lowest BCUT2D eigenvalue weighted by molar-refractivity contribution is -0.154. The molecule has 0 aliphatic carbocycles. The van der Waals surface area contributed by atoms with Gasteiger partial charge in [-0.15, -0.1) is 0 Å². The number of aliphatic hydroxyl groups is 2. The van der Waals surface area contributed by atoms with Gasteiger partial charge in [0, 0.05) is 0 Å². The Hall–Kier alpha value is -1.67. The molecule has 3 rings (SSSR count). The van der Waals surface area contributed by atoms with Crippen LogP contribution in [0, 0.1) is 0 Å². The standard InChI is InChI=1S/C12H13NO6/c14-7-9-10(8(15)12(16)19-9)18-11(7)13(17)6-4-2-1-3-5-6/h1-5,7-11,14-15,17H/t7?,8-,9?,10?,11?/m0/s1.